The van der Waals surface area contributed by atoms with Gasteiger partial charge >= 0.3 is 0 Å². The predicted octanol–water partition coefficient (Wildman–Crippen LogP) is 3.87. The summed E-state index contributed by atoms with van der Waals surface area (Å²) in [5, 5.41) is 3.57. The van der Waals surface area contributed by atoms with Crippen molar-refractivity contribution in [1.29, 1.82) is 0 Å². The summed E-state index contributed by atoms with van der Waals surface area (Å²) in [4.78, 5) is 21.1. The van der Waals surface area contributed by atoms with Gasteiger partial charge in [-0.15, -0.1) is 11.3 Å². The molecule has 2 aromatic carbocycles. The molecule has 3 aromatic rings. The lowest BCUT2D eigenvalue weighted by molar-refractivity contribution is -0.128. The Morgan fingerprint density at radius 1 is 1.13 bits per heavy atom. The molecule has 0 spiro atoms. The van der Waals surface area contributed by atoms with Crippen LogP contribution in [0.3, 0.4) is 0 Å². The van der Waals surface area contributed by atoms with Gasteiger partial charge in [0.1, 0.15) is 6.10 Å². The number of rotatable bonds is 4. The van der Waals surface area contributed by atoms with Crippen LogP contribution in [-0.2, 0) is 24.3 Å². The largest absolute Gasteiger partial charge is 0.482 e. The van der Waals surface area contributed by atoms with E-state index < -0.39 is 6.10 Å². The number of hydrogen-bond acceptors (Lipinski definition) is 6. The van der Waals surface area contributed by atoms with Crippen molar-refractivity contribution in [3.63, 3.8) is 0 Å². The SMILES string of the molecule is C[C@H]1Oc2ccccc2O[C@@H]1C(=O)Nc1nc2c(s1)CN(Cc1ccccc1)CC2. The average Bonchev–Trinajstić information content (AvgIpc) is 3.15. The highest BCUT2D eigenvalue weighted by atomic mass is 32.1. The van der Waals surface area contributed by atoms with Gasteiger partial charge in [-0.3, -0.25) is 15.0 Å². The number of aromatic nitrogens is 1. The Morgan fingerprint density at radius 2 is 1.87 bits per heavy atom. The second-order valence-electron chi connectivity index (χ2n) is 7.63. The Hall–Kier alpha value is -2.90. The molecule has 1 amide bonds. The minimum absolute atomic E-state index is 0.232. The fourth-order valence-electron chi connectivity index (χ4n) is 3.86. The molecule has 7 heteroatoms. The van der Waals surface area contributed by atoms with Crippen LogP contribution in [0, 0.1) is 0 Å². The molecular weight excluding hydrogens is 398 g/mol. The van der Waals surface area contributed by atoms with Crippen molar-refractivity contribution < 1.29 is 14.3 Å². The third-order valence-electron chi connectivity index (χ3n) is 5.39. The fraction of sp³-hybridized carbons (Fsp3) is 0.304. The van der Waals surface area contributed by atoms with E-state index in [1.165, 1.54) is 10.4 Å². The van der Waals surface area contributed by atoms with Gasteiger partial charge in [0.15, 0.2) is 16.6 Å². The van der Waals surface area contributed by atoms with Crippen LogP contribution < -0.4 is 14.8 Å². The first-order valence-corrected chi connectivity index (χ1v) is 11.0. The summed E-state index contributed by atoms with van der Waals surface area (Å²) in [6, 6.07) is 17.9. The van der Waals surface area contributed by atoms with Gasteiger partial charge in [0, 0.05) is 30.9 Å². The molecule has 154 valence electrons. The first-order chi connectivity index (χ1) is 14.7. The van der Waals surface area contributed by atoms with Crippen molar-refractivity contribution in [1.82, 2.24) is 9.88 Å². The van der Waals surface area contributed by atoms with Crippen LogP contribution in [0.15, 0.2) is 54.6 Å². The Bertz CT molecular complexity index is 1050. The Labute approximate surface area is 179 Å². The van der Waals surface area contributed by atoms with Crippen LogP contribution in [0.5, 0.6) is 11.5 Å². The van der Waals surface area contributed by atoms with Gasteiger partial charge in [-0.2, -0.15) is 0 Å². The molecule has 1 aromatic heterocycles. The van der Waals surface area contributed by atoms with Crippen LogP contribution in [0.2, 0.25) is 0 Å². The number of amides is 1. The van der Waals surface area contributed by atoms with E-state index in [-0.39, 0.29) is 12.0 Å². The van der Waals surface area contributed by atoms with E-state index in [1.54, 1.807) is 11.3 Å². The van der Waals surface area contributed by atoms with E-state index in [1.807, 2.05) is 37.3 Å². The molecule has 0 saturated carbocycles. The molecule has 0 radical (unpaired) electrons. The maximum Gasteiger partial charge on any atom is 0.271 e. The second-order valence-corrected chi connectivity index (χ2v) is 8.72. The summed E-state index contributed by atoms with van der Waals surface area (Å²) < 4.78 is 11.7. The topological polar surface area (TPSA) is 63.7 Å². The number of benzene rings is 2. The molecule has 30 heavy (non-hydrogen) atoms. The molecule has 2 atom stereocenters. The maximum absolute atomic E-state index is 12.8. The number of para-hydroxylation sites is 2. The molecule has 1 N–H and O–H groups in total. The predicted molar refractivity (Wildman–Crippen MR) is 116 cm³/mol. The molecule has 0 fully saturated rings. The highest BCUT2D eigenvalue weighted by Crippen LogP contribution is 2.34. The van der Waals surface area contributed by atoms with Crippen LogP contribution in [-0.4, -0.2) is 34.5 Å². The van der Waals surface area contributed by atoms with Gasteiger partial charge in [0.25, 0.3) is 5.91 Å². The lowest BCUT2D eigenvalue weighted by Gasteiger charge is -2.30. The first kappa shape index (κ1) is 19.1. The van der Waals surface area contributed by atoms with Gasteiger partial charge in [-0.1, -0.05) is 42.5 Å². The summed E-state index contributed by atoms with van der Waals surface area (Å²) in [5.74, 6) is 1.02. The van der Waals surface area contributed by atoms with Gasteiger partial charge in [-0.05, 0) is 24.6 Å². The Balaban J connectivity index is 1.24. The third-order valence-corrected chi connectivity index (χ3v) is 6.39. The van der Waals surface area contributed by atoms with Gasteiger partial charge < -0.3 is 9.47 Å². The van der Waals surface area contributed by atoms with Crippen LogP contribution >= 0.6 is 11.3 Å². The van der Waals surface area contributed by atoms with Crippen molar-refractivity contribution in [3.05, 3.63) is 70.7 Å². The van der Waals surface area contributed by atoms with Crippen molar-refractivity contribution >= 4 is 22.4 Å². The summed E-state index contributed by atoms with van der Waals surface area (Å²) in [5.41, 5.74) is 2.39. The van der Waals surface area contributed by atoms with Gasteiger partial charge in [0.2, 0.25) is 6.10 Å². The van der Waals surface area contributed by atoms with Crippen LogP contribution in [0.4, 0.5) is 5.13 Å². The molecule has 0 saturated heterocycles. The first-order valence-electron chi connectivity index (χ1n) is 10.1. The van der Waals surface area contributed by atoms with E-state index in [4.69, 9.17) is 9.47 Å². The molecule has 6 nitrogen and oxygen atoms in total. The highest BCUT2D eigenvalue weighted by molar-refractivity contribution is 7.15. The van der Waals surface area contributed by atoms with E-state index in [0.29, 0.717) is 16.6 Å². The zero-order chi connectivity index (χ0) is 20.5. The summed E-state index contributed by atoms with van der Waals surface area (Å²) in [6.07, 6.45) is -0.201. The van der Waals surface area contributed by atoms with Crippen molar-refractivity contribution in [2.24, 2.45) is 0 Å². The Morgan fingerprint density at radius 3 is 2.67 bits per heavy atom. The van der Waals surface area contributed by atoms with E-state index >= 15 is 0 Å². The zero-order valence-electron chi connectivity index (χ0n) is 16.7. The van der Waals surface area contributed by atoms with Gasteiger partial charge in [-0.25, -0.2) is 4.98 Å². The number of nitrogens with zero attached hydrogens (tertiary/aromatic N) is 2. The number of thiazole rings is 1. The van der Waals surface area contributed by atoms with Gasteiger partial charge in [0.05, 0.1) is 5.69 Å². The average molecular weight is 422 g/mol. The highest BCUT2D eigenvalue weighted by Gasteiger charge is 2.34. The van der Waals surface area contributed by atoms with Crippen LogP contribution in [0.1, 0.15) is 23.1 Å². The lowest BCUT2D eigenvalue weighted by Crippen LogP contribution is -2.46. The number of hydrogen-bond donors (Lipinski definition) is 1. The van der Waals surface area contributed by atoms with E-state index in [2.05, 4.69) is 39.5 Å². The summed E-state index contributed by atoms with van der Waals surface area (Å²) in [7, 11) is 0. The summed E-state index contributed by atoms with van der Waals surface area (Å²) >= 11 is 1.55. The fourth-order valence-corrected chi connectivity index (χ4v) is 4.91. The molecule has 2 aliphatic heterocycles. The minimum Gasteiger partial charge on any atom is -0.482 e. The zero-order valence-corrected chi connectivity index (χ0v) is 17.5. The number of nitrogens with one attached hydrogen (secondary N) is 1. The molecule has 3 heterocycles. The smallest absolute Gasteiger partial charge is 0.271 e. The number of ether oxygens (including phenoxy) is 2. The third kappa shape index (κ3) is 3.91. The normalized spacial score (nSPS) is 20.4. The standard InChI is InChI=1S/C23H23N3O3S/c1-15-21(29-19-10-6-5-9-18(19)28-15)22(27)25-23-24-17-11-12-26(14-20(17)30-23)13-16-7-3-2-4-8-16/h2-10,15,21H,11-14H2,1H3,(H,24,25,27)/t15-,21+/m1/s1. The molecule has 5 rings (SSSR count). The summed E-state index contributed by atoms with van der Waals surface area (Å²) in [6.45, 7) is 4.58. The molecule has 0 aliphatic carbocycles. The van der Waals surface area contributed by atoms with Crippen molar-refractivity contribution in [2.45, 2.75) is 38.6 Å². The molecule has 2 aliphatic rings. The lowest BCUT2D eigenvalue weighted by atomic mass is 10.1. The number of anilines is 1. The molecule has 0 bridgehead atoms. The number of carbonyl (C=O) groups is 1. The second kappa shape index (κ2) is 8.08. The van der Waals surface area contributed by atoms with E-state index in [9.17, 15) is 4.79 Å². The van der Waals surface area contributed by atoms with Crippen LogP contribution in [0.25, 0.3) is 0 Å². The minimum atomic E-state index is -0.713. The number of fused-ring (bicyclic) bond motifs is 2. The molecule has 0 unspecified atom stereocenters. The maximum atomic E-state index is 12.8. The quantitative estimate of drug-likeness (QED) is 0.693. The monoisotopic (exact) mass is 421 g/mol. The van der Waals surface area contributed by atoms with Crippen molar-refractivity contribution in [3.8, 4) is 11.5 Å². The number of carbonyl (C=O) groups excluding carboxylic acids is 1. The van der Waals surface area contributed by atoms with E-state index in [0.717, 1.165) is 31.7 Å². The Kier molecular flexibility index (Phi) is 5.14. The molecular formula is C23H23N3O3S. The van der Waals surface area contributed by atoms with Crippen molar-refractivity contribution in [2.75, 3.05) is 11.9 Å².